The number of carbonyl (C=O) groups is 2. The SMILES string of the molecule is C[C@H]1C[C@@H](C(N)=O)c2ccccc2N1C(=O)c1cnc(-c2ccccc2Cl)s1. The monoisotopic (exact) mass is 411 g/mol. The Morgan fingerprint density at radius 1 is 1.18 bits per heavy atom. The maximum absolute atomic E-state index is 13.3. The Labute approximate surface area is 171 Å². The summed E-state index contributed by atoms with van der Waals surface area (Å²) in [5.74, 6) is -0.903. The Morgan fingerprint density at radius 2 is 1.89 bits per heavy atom. The van der Waals surface area contributed by atoms with Gasteiger partial charge in [-0.25, -0.2) is 4.98 Å². The molecule has 3 aromatic rings. The molecule has 1 aliphatic rings. The summed E-state index contributed by atoms with van der Waals surface area (Å²) in [5.41, 5.74) is 7.91. The Hall–Kier alpha value is -2.70. The zero-order valence-corrected chi connectivity index (χ0v) is 16.7. The zero-order valence-electron chi connectivity index (χ0n) is 15.1. The average molecular weight is 412 g/mol. The zero-order chi connectivity index (χ0) is 19.8. The van der Waals surface area contributed by atoms with Crippen molar-refractivity contribution < 1.29 is 9.59 Å². The van der Waals surface area contributed by atoms with Crippen molar-refractivity contribution in [2.75, 3.05) is 4.90 Å². The van der Waals surface area contributed by atoms with Crippen molar-refractivity contribution in [3.8, 4) is 10.6 Å². The van der Waals surface area contributed by atoms with Gasteiger partial charge in [-0.15, -0.1) is 11.3 Å². The molecule has 0 bridgehead atoms. The standard InChI is InChI=1S/C21H18ClN3O2S/c1-12-10-15(19(23)26)13-6-3-5-9-17(13)25(12)21(27)18-11-24-20(28-18)14-7-2-4-8-16(14)22/h2-9,11-12,15H,10H2,1H3,(H2,23,26)/t12-,15+/m0/s1. The van der Waals surface area contributed by atoms with E-state index in [1.165, 1.54) is 11.3 Å². The number of primary amides is 1. The highest BCUT2D eigenvalue weighted by Gasteiger charge is 2.36. The lowest BCUT2D eigenvalue weighted by atomic mass is 9.85. The third-order valence-electron chi connectivity index (χ3n) is 4.97. The first-order valence-electron chi connectivity index (χ1n) is 8.90. The van der Waals surface area contributed by atoms with Crippen molar-refractivity contribution >= 4 is 40.4 Å². The molecular weight excluding hydrogens is 394 g/mol. The summed E-state index contributed by atoms with van der Waals surface area (Å²) in [6.07, 6.45) is 2.08. The highest BCUT2D eigenvalue weighted by Crippen LogP contribution is 2.40. The van der Waals surface area contributed by atoms with Crippen molar-refractivity contribution in [3.05, 3.63) is 70.2 Å². The van der Waals surface area contributed by atoms with Crippen LogP contribution in [-0.2, 0) is 4.79 Å². The first-order chi connectivity index (χ1) is 13.5. The van der Waals surface area contributed by atoms with E-state index < -0.39 is 5.92 Å². The van der Waals surface area contributed by atoms with Crippen molar-refractivity contribution in [3.63, 3.8) is 0 Å². The van der Waals surface area contributed by atoms with Crippen molar-refractivity contribution in [2.45, 2.75) is 25.3 Å². The molecule has 2 heterocycles. The van der Waals surface area contributed by atoms with Gasteiger partial charge >= 0.3 is 0 Å². The number of para-hydroxylation sites is 1. The molecule has 142 valence electrons. The summed E-state index contributed by atoms with van der Waals surface area (Å²) >= 11 is 7.57. The smallest absolute Gasteiger partial charge is 0.270 e. The summed E-state index contributed by atoms with van der Waals surface area (Å²) in [7, 11) is 0. The minimum Gasteiger partial charge on any atom is -0.369 e. The number of nitrogens with two attached hydrogens (primary N) is 1. The summed E-state index contributed by atoms with van der Waals surface area (Å²) in [5, 5.41) is 1.29. The molecule has 1 aromatic heterocycles. The van der Waals surface area contributed by atoms with E-state index in [9.17, 15) is 9.59 Å². The first-order valence-corrected chi connectivity index (χ1v) is 10.1. The van der Waals surface area contributed by atoms with E-state index in [2.05, 4.69) is 4.98 Å². The Bertz CT molecular complexity index is 1070. The van der Waals surface area contributed by atoms with E-state index >= 15 is 0 Å². The molecule has 28 heavy (non-hydrogen) atoms. The van der Waals surface area contributed by atoms with Crippen molar-refractivity contribution in [1.82, 2.24) is 4.98 Å². The maximum atomic E-state index is 13.3. The normalized spacial score (nSPS) is 18.6. The van der Waals surface area contributed by atoms with Crippen LogP contribution < -0.4 is 10.6 Å². The number of aromatic nitrogens is 1. The van der Waals surface area contributed by atoms with Gasteiger partial charge in [0.1, 0.15) is 9.88 Å². The lowest BCUT2D eigenvalue weighted by molar-refractivity contribution is -0.119. The molecule has 1 aliphatic heterocycles. The van der Waals surface area contributed by atoms with Gasteiger partial charge in [-0.3, -0.25) is 9.59 Å². The molecule has 4 rings (SSSR count). The van der Waals surface area contributed by atoms with Gasteiger partial charge in [0.2, 0.25) is 5.91 Å². The van der Waals surface area contributed by atoms with Gasteiger partial charge in [-0.2, -0.15) is 0 Å². The molecule has 2 amide bonds. The van der Waals surface area contributed by atoms with Crippen molar-refractivity contribution in [2.24, 2.45) is 5.73 Å². The van der Waals surface area contributed by atoms with Crippen molar-refractivity contribution in [1.29, 1.82) is 0 Å². The number of carbonyl (C=O) groups excluding carboxylic acids is 2. The van der Waals surface area contributed by atoms with Gasteiger partial charge in [0.15, 0.2) is 0 Å². The van der Waals surface area contributed by atoms with Crippen LogP contribution in [0.3, 0.4) is 0 Å². The number of rotatable bonds is 3. The second-order valence-corrected chi connectivity index (χ2v) is 8.22. The highest BCUT2D eigenvalue weighted by atomic mass is 35.5. The molecule has 0 saturated carbocycles. The second kappa shape index (κ2) is 7.37. The van der Waals surface area contributed by atoms with Gasteiger partial charge in [-0.1, -0.05) is 48.0 Å². The minimum atomic E-state index is -0.393. The van der Waals surface area contributed by atoms with Crippen LogP contribution in [0.4, 0.5) is 5.69 Å². The number of thiazole rings is 1. The summed E-state index contributed by atoms with van der Waals surface area (Å²) in [6, 6.07) is 14.7. The van der Waals surface area contributed by atoms with Gasteiger partial charge in [0, 0.05) is 17.3 Å². The highest BCUT2D eigenvalue weighted by molar-refractivity contribution is 7.17. The number of benzene rings is 2. The molecule has 2 atom stereocenters. The number of amides is 2. The lowest BCUT2D eigenvalue weighted by Gasteiger charge is -2.38. The summed E-state index contributed by atoms with van der Waals surface area (Å²) < 4.78 is 0. The molecular formula is C21H18ClN3O2S. The molecule has 5 nitrogen and oxygen atoms in total. The van der Waals surface area contributed by atoms with Crippen LogP contribution in [0.5, 0.6) is 0 Å². The minimum absolute atomic E-state index is 0.140. The molecule has 0 unspecified atom stereocenters. The van der Waals surface area contributed by atoms with E-state index in [1.807, 2.05) is 49.4 Å². The van der Waals surface area contributed by atoms with E-state index in [1.54, 1.807) is 17.2 Å². The number of hydrogen-bond donors (Lipinski definition) is 1. The Balaban J connectivity index is 1.71. The van der Waals surface area contributed by atoms with Crippen LogP contribution in [0.2, 0.25) is 5.02 Å². The van der Waals surface area contributed by atoms with E-state index in [0.29, 0.717) is 21.3 Å². The third-order valence-corrected chi connectivity index (χ3v) is 6.32. The van der Waals surface area contributed by atoms with Crippen LogP contribution in [-0.4, -0.2) is 22.8 Å². The molecule has 0 radical (unpaired) electrons. The van der Waals surface area contributed by atoms with Gasteiger partial charge in [0.25, 0.3) is 5.91 Å². The van der Waals surface area contributed by atoms with Gasteiger partial charge < -0.3 is 10.6 Å². The summed E-state index contributed by atoms with van der Waals surface area (Å²) in [6.45, 7) is 1.93. The molecule has 7 heteroatoms. The number of nitrogens with zero attached hydrogens (tertiary/aromatic N) is 2. The topological polar surface area (TPSA) is 76.3 Å². The van der Waals surface area contributed by atoms with Gasteiger partial charge in [-0.05, 0) is 31.0 Å². The van der Waals surface area contributed by atoms with Crippen LogP contribution in [0.15, 0.2) is 54.7 Å². The van der Waals surface area contributed by atoms with E-state index in [0.717, 1.165) is 16.8 Å². The third kappa shape index (κ3) is 3.19. The van der Waals surface area contributed by atoms with Crippen LogP contribution in [0, 0.1) is 0 Å². The van der Waals surface area contributed by atoms with E-state index in [4.69, 9.17) is 17.3 Å². The Kier molecular flexibility index (Phi) is 4.91. The fourth-order valence-corrected chi connectivity index (χ4v) is 4.82. The predicted molar refractivity (Wildman–Crippen MR) is 112 cm³/mol. The van der Waals surface area contributed by atoms with Gasteiger partial charge in [0.05, 0.1) is 17.1 Å². The second-order valence-electron chi connectivity index (χ2n) is 6.78. The summed E-state index contributed by atoms with van der Waals surface area (Å²) in [4.78, 5) is 31.9. The molecule has 2 N–H and O–H groups in total. The fourth-order valence-electron chi connectivity index (χ4n) is 3.64. The molecule has 0 saturated heterocycles. The number of hydrogen-bond acceptors (Lipinski definition) is 4. The molecule has 0 aliphatic carbocycles. The van der Waals surface area contributed by atoms with Crippen LogP contribution >= 0.6 is 22.9 Å². The fraction of sp³-hybridized carbons (Fsp3) is 0.190. The Morgan fingerprint density at radius 3 is 2.64 bits per heavy atom. The number of halogens is 1. The largest absolute Gasteiger partial charge is 0.369 e. The lowest BCUT2D eigenvalue weighted by Crippen LogP contribution is -2.45. The number of fused-ring (bicyclic) bond motifs is 1. The number of anilines is 1. The molecule has 2 aromatic carbocycles. The predicted octanol–water partition coefficient (Wildman–Crippen LogP) is 4.47. The van der Waals surface area contributed by atoms with Crippen LogP contribution in [0.1, 0.15) is 34.5 Å². The van der Waals surface area contributed by atoms with Crippen LogP contribution in [0.25, 0.3) is 10.6 Å². The molecule has 0 spiro atoms. The maximum Gasteiger partial charge on any atom is 0.270 e. The van der Waals surface area contributed by atoms with E-state index in [-0.39, 0.29) is 17.9 Å². The quantitative estimate of drug-likeness (QED) is 0.690. The molecule has 0 fully saturated rings. The first kappa shape index (κ1) is 18.7. The average Bonchev–Trinajstić information content (AvgIpc) is 3.17.